The Hall–Kier alpha value is -0.660. The Morgan fingerprint density at radius 2 is 2.05 bits per heavy atom. The third-order valence-corrected chi connectivity index (χ3v) is 5.40. The number of sulfonamides is 1. The molecular weight excluding hydrogens is 288 g/mol. The fourth-order valence-electron chi connectivity index (χ4n) is 2.20. The quantitative estimate of drug-likeness (QED) is 0.858. The molecule has 0 amide bonds. The molecule has 0 spiro atoms. The van der Waals surface area contributed by atoms with Crippen LogP contribution < -0.4 is 5.32 Å². The molecule has 1 aliphatic rings. The molecule has 1 fully saturated rings. The molecule has 1 aromatic carbocycles. The second-order valence-corrected chi connectivity index (χ2v) is 6.77. The van der Waals surface area contributed by atoms with E-state index in [0.29, 0.717) is 31.1 Å². The normalized spacial score (nSPS) is 21.5. The Bertz CT molecular complexity index is 516. The molecule has 0 aliphatic carbocycles. The predicted molar refractivity (Wildman–Crippen MR) is 73.7 cm³/mol. The SMILES string of the molecule is O=S(=O)(c1ccc(Cl)cc1)N1CCNCC1CCO. The largest absolute Gasteiger partial charge is 0.396 e. The summed E-state index contributed by atoms with van der Waals surface area (Å²) in [5.74, 6) is 0. The van der Waals surface area contributed by atoms with Crippen molar-refractivity contribution >= 4 is 21.6 Å². The van der Waals surface area contributed by atoms with Gasteiger partial charge in [-0.2, -0.15) is 4.31 Å². The van der Waals surface area contributed by atoms with E-state index in [4.69, 9.17) is 16.7 Å². The van der Waals surface area contributed by atoms with Crippen molar-refractivity contribution in [2.24, 2.45) is 0 Å². The number of halogens is 1. The molecule has 7 heteroatoms. The standard InChI is InChI=1S/C12H17ClN2O3S/c13-10-1-3-12(4-2-10)19(17,18)15-7-6-14-9-11(15)5-8-16/h1-4,11,14,16H,5-9H2. The maximum Gasteiger partial charge on any atom is 0.243 e. The summed E-state index contributed by atoms with van der Waals surface area (Å²) < 4.78 is 26.6. The van der Waals surface area contributed by atoms with E-state index in [-0.39, 0.29) is 17.5 Å². The molecule has 2 rings (SSSR count). The van der Waals surface area contributed by atoms with E-state index in [1.165, 1.54) is 16.4 Å². The van der Waals surface area contributed by atoms with Crippen LogP contribution in [-0.2, 0) is 10.0 Å². The first-order chi connectivity index (χ1) is 9.05. The van der Waals surface area contributed by atoms with Crippen LogP contribution in [0.1, 0.15) is 6.42 Å². The van der Waals surface area contributed by atoms with Gasteiger partial charge in [-0.05, 0) is 30.7 Å². The Kier molecular flexibility index (Phi) is 4.81. The van der Waals surface area contributed by atoms with Gasteiger partial charge >= 0.3 is 0 Å². The molecule has 0 radical (unpaired) electrons. The van der Waals surface area contributed by atoms with Crippen molar-refractivity contribution in [3.05, 3.63) is 29.3 Å². The zero-order chi connectivity index (χ0) is 13.9. The van der Waals surface area contributed by atoms with E-state index in [2.05, 4.69) is 5.32 Å². The Balaban J connectivity index is 2.28. The molecule has 1 atom stereocenters. The minimum absolute atomic E-state index is 0.0288. The molecule has 1 unspecified atom stereocenters. The monoisotopic (exact) mass is 304 g/mol. The lowest BCUT2D eigenvalue weighted by Crippen LogP contribution is -2.53. The summed E-state index contributed by atoms with van der Waals surface area (Å²) in [6, 6.07) is 5.94. The maximum absolute atomic E-state index is 12.6. The van der Waals surface area contributed by atoms with Gasteiger partial charge in [-0.3, -0.25) is 0 Å². The first-order valence-corrected chi connectivity index (χ1v) is 7.96. The van der Waals surface area contributed by atoms with Crippen LogP contribution in [0.2, 0.25) is 5.02 Å². The first kappa shape index (κ1) is 14.7. The average molecular weight is 305 g/mol. The summed E-state index contributed by atoms with van der Waals surface area (Å²) in [6.07, 6.45) is 0.430. The highest BCUT2D eigenvalue weighted by Crippen LogP contribution is 2.22. The van der Waals surface area contributed by atoms with Gasteiger partial charge in [0.05, 0.1) is 4.90 Å². The first-order valence-electron chi connectivity index (χ1n) is 6.14. The zero-order valence-corrected chi connectivity index (χ0v) is 12.0. The molecule has 1 saturated heterocycles. The molecule has 0 bridgehead atoms. The average Bonchev–Trinajstić information content (AvgIpc) is 2.40. The van der Waals surface area contributed by atoms with Crippen LogP contribution in [0.15, 0.2) is 29.2 Å². The second-order valence-electron chi connectivity index (χ2n) is 4.44. The van der Waals surface area contributed by atoms with Crippen molar-refractivity contribution in [1.29, 1.82) is 0 Å². The van der Waals surface area contributed by atoms with Crippen LogP contribution in [0, 0.1) is 0 Å². The van der Waals surface area contributed by atoms with Crippen LogP contribution in [0.5, 0.6) is 0 Å². The number of benzene rings is 1. The van der Waals surface area contributed by atoms with Gasteiger partial charge in [-0.15, -0.1) is 0 Å². The number of hydrogen-bond donors (Lipinski definition) is 2. The van der Waals surface area contributed by atoms with Crippen LogP contribution in [0.3, 0.4) is 0 Å². The highest BCUT2D eigenvalue weighted by atomic mass is 35.5. The van der Waals surface area contributed by atoms with Crippen molar-refractivity contribution in [2.45, 2.75) is 17.4 Å². The van der Waals surface area contributed by atoms with Crippen molar-refractivity contribution in [2.75, 3.05) is 26.2 Å². The molecule has 106 valence electrons. The molecule has 0 saturated carbocycles. The molecule has 1 aliphatic heterocycles. The molecular formula is C12H17ClN2O3S. The van der Waals surface area contributed by atoms with Gasteiger partial charge in [-0.25, -0.2) is 8.42 Å². The van der Waals surface area contributed by atoms with Gasteiger partial charge in [0.1, 0.15) is 0 Å². The Labute approximate surface area is 118 Å². The number of hydrogen-bond acceptors (Lipinski definition) is 4. The van der Waals surface area contributed by atoms with Gasteiger partial charge < -0.3 is 10.4 Å². The topological polar surface area (TPSA) is 69.6 Å². The summed E-state index contributed by atoms with van der Waals surface area (Å²) in [5, 5.41) is 12.7. The van der Waals surface area contributed by atoms with Gasteiger partial charge in [0, 0.05) is 37.3 Å². The molecule has 0 aromatic heterocycles. The Morgan fingerprint density at radius 3 is 2.68 bits per heavy atom. The summed E-state index contributed by atoms with van der Waals surface area (Å²) in [5.41, 5.74) is 0. The molecule has 19 heavy (non-hydrogen) atoms. The zero-order valence-electron chi connectivity index (χ0n) is 10.4. The number of piperazine rings is 1. The Morgan fingerprint density at radius 1 is 1.37 bits per heavy atom. The minimum Gasteiger partial charge on any atom is -0.396 e. The molecule has 1 aromatic rings. The number of nitrogens with one attached hydrogen (secondary N) is 1. The summed E-state index contributed by atoms with van der Waals surface area (Å²) in [4.78, 5) is 0.238. The van der Waals surface area contributed by atoms with Crippen molar-refractivity contribution in [1.82, 2.24) is 9.62 Å². The number of aliphatic hydroxyl groups excluding tert-OH is 1. The highest BCUT2D eigenvalue weighted by molar-refractivity contribution is 7.89. The lowest BCUT2D eigenvalue weighted by Gasteiger charge is -2.34. The predicted octanol–water partition coefficient (Wildman–Crippen LogP) is 0.685. The summed E-state index contributed by atoms with van der Waals surface area (Å²) in [7, 11) is -3.53. The fourth-order valence-corrected chi connectivity index (χ4v) is 3.98. The van der Waals surface area contributed by atoms with Crippen molar-refractivity contribution in [3.8, 4) is 0 Å². The van der Waals surface area contributed by atoms with E-state index in [9.17, 15) is 8.42 Å². The highest BCUT2D eigenvalue weighted by Gasteiger charge is 2.32. The second kappa shape index (κ2) is 6.19. The third kappa shape index (κ3) is 3.27. The van der Waals surface area contributed by atoms with Crippen LogP contribution in [-0.4, -0.2) is 50.1 Å². The maximum atomic E-state index is 12.6. The van der Waals surface area contributed by atoms with Crippen molar-refractivity contribution < 1.29 is 13.5 Å². The van der Waals surface area contributed by atoms with Gasteiger partial charge in [0.25, 0.3) is 0 Å². The number of nitrogens with zero attached hydrogens (tertiary/aromatic N) is 1. The van der Waals surface area contributed by atoms with Crippen molar-refractivity contribution in [3.63, 3.8) is 0 Å². The lowest BCUT2D eigenvalue weighted by atomic mass is 10.2. The van der Waals surface area contributed by atoms with Crippen LogP contribution >= 0.6 is 11.6 Å². The van der Waals surface area contributed by atoms with E-state index in [0.717, 1.165) is 0 Å². The van der Waals surface area contributed by atoms with Gasteiger partial charge in [0.2, 0.25) is 10.0 Å². The summed E-state index contributed by atoms with van der Waals surface area (Å²) in [6.45, 7) is 1.57. The van der Waals surface area contributed by atoms with E-state index in [1.54, 1.807) is 12.1 Å². The van der Waals surface area contributed by atoms with E-state index in [1.807, 2.05) is 0 Å². The van der Waals surface area contributed by atoms with Crippen LogP contribution in [0.25, 0.3) is 0 Å². The minimum atomic E-state index is -3.53. The third-order valence-electron chi connectivity index (χ3n) is 3.18. The van der Waals surface area contributed by atoms with Gasteiger partial charge in [-0.1, -0.05) is 11.6 Å². The smallest absolute Gasteiger partial charge is 0.243 e. The molecule has 5 nitrogen and oxygen atoms in total. The lowest BCUT2D eigenvalue weighted by molar-refractivity contribution is 0.202. The summed E-state index contributed by atoms with van der Waals surface area (Å²) >= 11 is 5.77. The van der Waals surface area contributed by atoms with Gasteiger partial charge in [0.15, 0.2) is 0 Å². The molecule has 1 heterocycles. The van der Waals surface area contributed by atoms with Crippen LogP contribution in [0.4, 0.5) is 0 Å². The molecule has 2 N–H and O–H groups in total. The van der Waals surface area contributed by atoms with E-state index < -0.39 is 10.0 Å². The fraction of sp³-hybridized carbons (Fsp3) is 0.500. The van der Waals surface area contributed by atoms with E-state index >= 15 is 0 Å². The number of aliphatic hydroxyl groups is 1. The number of rotatable bonds is 4.